The molecule has 0 amide bonds. The molecule has 0 radical (unpaired) electrons. The van der Waals surface area contributed by atoms with Crippen LogP contribution in [0.4, 0.5) is 13.2 Å². The molecule has 0 aliphatic heterocycles. The second-order valence-corrected chi connectivity index (χ2v) is 5.83. The van der Waals surface area contributed by atoms with Crippen LogP contribution in [0.15, 0.2) is 23.6 Å². The number of benzene rings is 1. The van der Waals surface area contributed by atoms with Gasteiger partial charge in [-0.15, -0.1) is 11.3 Å². The third kappa shape index (κ3) is 2.06. The van der Waals surface area contributed by atoms with Crippen LogP contribution in [0.25, 0.3) is 0 Å². The molecule has 1 aromatic heterocycles. The molecular weight excluding hydrogens is 285 g/mol. The molecule has 1 aromatic carbocycles. The molecule has 1 aliphatic carbocycles. The van der Waals surface area contributed by atoms with Gasteiger partial charge in [-0.3, -0.25) is 4.79 Å². The Kier molecular flexibility index (Phi) is 3.38. The average molecular weight is 296 g/mol. The van der Waals surface area contributed by atoms with E-state index in [1.807, 2.05) is 11.4 Å². The molecule has 5 heteroatoms. The highest BCUT2D eigenvalue weighted by Gasteiger charge is 2.30. The van der Waals surface area contributed by atoms with E-state index >= 15 is 0 Å². The number of ketones is 1. The third-order valence-electron chi connectivity index (χ3n) is 3.67. The summed E-state index contributed by atoms with van der Waals surface area (Å²) in [6.45, 7) is 0. The minimum absolute atomic E-state index is 0.368. The minimum atomic E-state index is -1.59. The molecule has 1 unspecified atom stereocenters. The first-order valence-corrected chi connectivity index (χ1v) is 7.21. The van der Waals surface area contributed by atoms with Crippen molar-refractivity contribution in [1.29, 1.82) is 0 Å². The number of fused-ring (bicyclic) bond motifs is 1. The summed E-state index contributed by atoms with van der Waals surface area (Å²) in [5.74, 6) is -5.18. The summed E-state index contributed by atoms with van der Waals surface area (Å²) in [6, 6.07) is 3.68. The molecule has 0 bridgehead atoms. The number of rotatable bonds is 2. The fraction of sp³-hybridized carbons (Fsp3) is 0.267. The van der Waals surface area contributed by atoms with Gasteiger partial charge in [0.2, 0.25) is 0 Å². The van der Waals surface area contributed by atoms with Gasteiger partial charge < -0.3 is 0 Å². The van der Waals surface area contributed by atoms with Gasteiger partial charge >= 0.3 is 0 Å². The number of hydrogen-bond donors (Lipinski definition) is 0. The third-order valence-corrected chi connectivity index (χ3v) is 4.67. The zero-order valence-corrected chi connectivity index (χ0v) is 11.3. The smallest absolute Gasteiger partial charge is 0.195 e. The first kappa shape index (κ1) is 13.4. The number of halogens is 3. The van der Waals surface area contributed by atoms with Crippen molar-refractivity contribution in [1.82, 2.24) is 0 Å². The Morgan fingerprint density at radius 3 is 2.75 bits per heavy atom. The number of thiophene rings is 1. The average Bonchev–Trinajstić information content (AvgIpc) is 2.92. The van der Waals surface area contributed by atoms with E-state index in [9.17, 15) is 18.0 Å². The van der Waals surface area contributed by atoms with Gasteiger partial charge in [-0.2, -0.15) is 0 Å². The van der Waals surface area contributed by atoms with Crippen LogP contribution in [0.2, 0.25) is 0 Å². The Labute approximate surface area is 118 Å². The summed E-state index contributed by atoms with van der Waals surface area (Å²) in [7, 11) is 0. The maximum atomic E-state index is 13.7. The van der Waals surface area contributed by atoms with Crippen molar-refractivity contribution in [2.75, 3.05) is 0 Å². The van der Waals surface area contributed by atoms with Crippen LogP contribution in [0.3, 0.4) is 0 Å². The number of hydrogen-bond acceptors (Lipinski definition) is 2. The Morgan fingerprint density at radius 2 is 1.95 bits per heavy atom. The molecule has 0 N–H and O–H groups in total. The summed E-state index contributed by atoms with van der Waals surface area (Å²) in [4.78, 5) is 13.5. The zero-order chi connectivity index (χ0) is 14.3. The fourth-order valence-corrected chi connectivity index (χ4v) is 3.65. The van der Waals surface area contributed by atoms with Crippen LogP contribution in [0.1, 0.15) is 39.6 Å². The van der Waals surface area contributed by atoms with Gasteiger partial charge in [0, 0.05) is 10.8 Å². The molecule has 0 saturated carbocycles. The van der Waals surface area contributed by atoms with Crippen molar-refractivity contribution >= 4 is 17.1 Å². The van der Waals surface area contributed by atoms with E-state index in [1.165, 1.54) is 0 Å². The van der Waals surface area contributed by atoms with Crippen molar-refractivity contribution < 1.29 is 18.0 Å². The Bertz CT molecular complexity index is 678. The quantitative estimate of drug-likeness (QED) is 0.590. The summed E-state index contributed by atoms with van der Waals surface area (Å²) < 4.78 is 39.9. The van der Waals surface area contributed by atoms with E-state index in [2.05, 4.69) is 0 Å². The van der Waals surface area contributed by atoms with Gasteiger partial charge in [0.15, 0.2) is 23.2 Å². The molecule has 0 spiro atoms. The van der Waals surface area contributed by atoms with Gasteiger partial charge in [0.1, 0.15) is 0 Å². The van der Waals surface area contributed by atoms with Crippen molar-refractivity contribution in [3.63, 3.8) is 0 Å². The van der Waals surface area contributed by atoms with Crippen LogP contribution in [0, 0.1) is 17.5 Å². The first-order chi connectivity index (χ1) is 9.59. The lowest BCUT2D eigenvalue weighted by molar-refractivity contribution is 0.0946. The summed E-state index contributed by atoms with van der Waals surface area (Å²) in [5.41, 5.74) is 0.531. The molecule has 1 atom stereocenters. The Balaban J connectivity index is 2.01. The number of aryl methyl sites for hydroxylation is 1. The van der Waals surface area contributed by atoms with E-state index in [0.717, 1.165) is 35.4 Å². The monoisotopic (exact) mass is 296 g/mol. The molecule has 1 aliphatic rings. The Hall–Kier alpha value is -1.62. The van der Waals surface area contributed by atoms with Crippen LogP contribution >= 0.6 is 11.3 Å². The maximum Gasteiger partial charge on any atom is 0.195 e. The zero-order valence-electron chi connectivity index (χ0n) is 10.5. The predicted molar refractivity (Wildman–Crippen MR) is 70.6 cm³/mol. The largest absolute Gasteiger partial charge is 0.293 e. The normalized spacial score (nSPS) is 17.9. The fourth-order valence-electron chi connectivity index (χ4n) is 2.66. The Morgan fingerprint density at radius 1 is 1.15 bits per heavy atom. The van der Waals surface area contributed by atoms with Crippen molar-refractivity contribution in [3.8, 4) is 0 Å². The number of carbonyl (C=O) groups is 1. The van der Waals surface area contributed by atoms with E-state index in [-0.39, 0.29) is 5.56 Å². The topological polar surface area (TPSA) is 17.1 Å². The van der Waals surface area contributed by atoms with E-state index in [4.69, 9.17) is 0 Å². The highest BCUT2D eigenvalue weighted by molar-refractivity contribution is 7.10. The molecule has 0 fully saturated rings. The number of carbonyl (C=O) groups excluding carboxylic acids is 1. The second-order valence-electron chi connectivity index (χ2n) is 4.83. The molecule has 20 heavy (non-hydrogen) atoms. The van der Waals surface area contributed by atoms with Crippen molar-refractivity contribution in [2.45, 2.75) is 25.2 Å². The molecule has 3 rings (SSSR count). The number of Topliss-reactive ketones (excluding diaryl/α,β-unsaturated/α-hetero) is 1. The molecule has 1 heterocycles. The SMILES string of the molecule is O=C(c1ccc(F)c(F)c1F)C1CCCc2sccc21. The van der Waals surface area contributed by atoms with Crippen molar-refractivity contribution in [3.05, 3.63) is 57.0 Å². The van der Waals surface area contributed by atoms with E-state index < -0.39 is 29.2 Å². The predicted octanol–water partition coefficient (Wildman–Crippen LogP) is 4.47. The van der Waals surface area contributed by atoms with Gasteiger partial charge in [0.25, 0.3) is 0 Å². The van der Waals surface area contributed by atoms with Gasteiger partial charge in [-0.1, -0.05) is 0 Å². The lowest BCUT2D eigenvalue weighted by Gasteiger charge is -2.21. The summed E-state index contributed by atoms with van der Waals surface area (Å²) >= 11 is 1.57. The molecule has 104 valence electrons. The molecule has 0 saturated heterocycles. The highest BCUT2D eigenvalue weighted by atomic mass is 32.1. The van der Waals surface area contributed by atoms with Gasteiger partial charge in [0.05, 0.1) is 5.56 Å². The molecular formula is C15H11F3OS. The van der Waals surface area contributed by atoms with Crippen molar-refractivity contribution in [2.24, 2.45) is 0 Å². The molecule has 1 nitrogen and oxygen atoms in total. The summed E-state index contributed by atoms with van der Waals surface area (Å²) in [6.07, 6.45) is 2.37. The van der Waals surface area contributed by atoms with Crippen LogP contribution in [0.5, 0.6) is 0 Å². The van der Waals surface area contributed by atoms with Gasteiger partial charge in [-0.05, 0) is 48.4 Å². The first-order valence-electron chi connectivity index (χ1n) is 6.33. The second kappa shape index (κ2) is 5.05. The highest BCUT2D eigenvalue weighted by Crippen LogP contribution is 2.37. The standard InChI is InChI=1S/C15H11F3OS/c16-11-5-4-10(13(17)14(11)18)15(19)9-2-1-3-12-8(9)6-7-20-12/h4-7,9H,1-3H2. The van der Waals surface area contributed by atoms with E-state index in [0.29, 0.717) is 6.42 Å². The lowest BCUT2D eigenvalue weighted by Crippen LogP contribution is -2.19. The minimum Gasteiger partial charge on any atom is -0.293 e. The van der Waals surface area contributed by atoms with E-state index in [1.54, 1.807) is 11.3 Å². The summed E-state index contributed by atoms with van der Waals surface area (Å²) in [5, 5.41) is 1.90. The molecule has 2 aromatic rings. The van der Waals surface area contributed by atoms with Crippen LogP contribution < -0.4 is 0 Å². The van der Waals surface area contributed by atoms with Crippen LogP contribution in [-0.4, -0.2) is 5.78 Å². The van der Waals surface area contributed by atoms with Crippen LogP contribution in [-0.2, 0) is 6.42 Å². The lowest BCUT2D eigenvalue weighted by atomic mass is 9.82. The maximum absolute atomic E-state index is 13.7. The van der Waals surface area contributed by atoms with Gasteiger partial charge in [-0.25, -0.2) is 13.2 Å².